The van der Waals surface area contributed by atoms with Gasteiger partial charge in [0.1, 0.15) is 0 Å². The van der Waals surface area contributed by atoms with Crippen molar-refractivity contribution >= 4 is 23.3 Å². The Morgan fingerprint density at radius 3 is 2.81 bits per heavy atom. The summed E-state index contributed by atoms with van der Waals surface area (Å²) in [6, 6.07) is 4.49. The number of alkyl halides is 3. The van der Waals surface area contributed by atoms with Crippen molar-refractivity contribution in [2.45, 2.75) is 25.9 Å². The first-order valence-corrected chi connectivity index (χ1v) is 7.04. The lowest BCUT2D eigenvalue weighted by molar-refractivity contribution is -0.183. The molecule has 3 nitrogen and oxygen atoms in total. The molecule has 0 bridgehead atoms. The molecular weight excluding hydrogens is 305 g/mol. The highest BCUT2D eigenvalue weighted by atomic mass is 35.5. The predicted molar refractivity (Wildman–Crippen MR) is 75.6 cm³/mol. The van der Waals surface area contributed by atoms with E-state index in [0.717, 1.165) is 5.56 Å². The Balaban J connectivity index is 2.04. The molecule has 1 aliphatic rings. The lowest BCUT2D eigenvalue weighted by atomic mass is 9.98. The summed E-state index contributed by atoms with van der Waals surface area (Å²) in [5.41, 5.74) is 1.32. The fraction of sp³-hybridized carbons (Fsp3) is 0.500. The van der Waals surface area contributed by atoms with Crippen LogP contribution in [0.4, 0.5) is 23.7 Å². The van der Waals surface area contributed by atoms with Crippen molar-refractivity contribution in [3.8, 4) is 0 Å². The van der Waals surface area contributed by atoms with Gasteiger partial charge in [-0.25, -0.2) is 4.79 Å². The molecule has 1 saturated heterocycles. The fourth-order valence-corrected chi connectivity index (χ4v) is 2.52. The number of likely N-dealkylation sites (tertiary alicyclic amines) is 1. The standard InChI is InChI=1S/C14H16ClF3N2O/c1-9-4-5-11(15)7-12(9)19-13(21)20-6-2-3-10(8-20)14(16,17)18/h4-5,7,10H,2-3,6,8H2,1H3,(H,19,21)/t10-/m1/s1. The van der Waals surface area contributed by atoms with Crippen molar-refractivity contribution in [1.29, 1.82) is 0 Å². The second kappa shape index (κ2) is 6.13. The van der Waals surface area contributed by atoms with Crippen molar-refractivity contribution in [1.82, 2.24) is 4.90 Å². The molecule has 0 radical (unpaired) electrons. The van der Waals surface area contributed by atoms with Gasteiger partial charge in [-0.05, 0) is 37.5 Å². The fourth-order valence-electron chi connectivity index (χ4n) is 2.35. The minimum atomic E-state index is -4.26. The minimum absolute atomic E-state index is 0.0729. The SMILES string of the molecule is Cc1ccc(Cl)cc1NC(=O)N1CCC[C@@H](C(F)(F)F)C1. The van der Waals surface area contributed by atoms with Crippen molar-refractivity contribution in [3.05, 3.63) is 28.8 Å². The van der Waals surface area contributed by atoms with Gasteiger partial charge in [-0.15, -0.1) is 0 Å². The van der Waals surface area contributed by atoms with Gasteiger partial charge in [0.2, 0.25) is 0 Å². The van der Waals surface area contributed by atoms with E-state index in [1.165, 1.54) is 4.90 Å². The molecule has 7 heteroatoms. The van der Waals surface area contributed by atoms with Crippen LogP contribution in [0.2, 0.25) is 5.02 Å². The van der Waals surface area contributed by atoms with Crippen LogP contribution >= 0.6 is 11.6 Å². The maximum absolute atomic E-state index is 12.7. The lowest BCUT2D eigenvalue weighted by Crippen LogP contribution is -2.46. The molecule has 0 saturated carbocycles. The van der Waals surface area contributed by atoms with Crippen molar-refractivity contribution in [2.24, 2.45) is 5.92 Å². The van der Waals surface area contributed by atoms with Gasteiger partial charge in [-0.3, -0.25) is 0 Å². The number of hydrogen-bond acceptors (Lipinski definition) is 1. The van der Waals surface area contributed by atoms with E-state index in [2.05, 4.69) is 5.32 Å². The number of halogens is 4. The molecule has 1 aromatic rings. The number of urea groups is 1. The summed E-state index contributed by atoms with van der Waals surface area (Å²) in [5.74, 6) is -1.45. The molecule has 1 heterocycles. The molecule has 0 spiro atoms. The number of aryl methyl sites for hydroxylation is 1. The molecule has 2 rings (SSSR count). The Morgan fingerprint density at radius 1 is 1.43 bits per heavy atom. The minimum Gasteiger partial charge on any atom is -0.324 e. The molecule has 21 heavy (non-hydrogen) atoms. The highest BCUT2D eigenvalue weighted by Gasteiger charge is 2.42. The van der Waals surface area contributed by atoms with Gasteiger partial charge < -0.3 is 10.2 Å². The summed E-state index contributed by atoms with van der Waals surface area (Å²) < 4.78 is 38.2. The van der Waals surface area contributed by atoms with Crippen molar-refractivity contribution < 1.29 is 18.0 Å². The monoisotopic (exact) mass is 320 g/mol. The average Bonchev–Trinajstić information content (AvgIpc) is 2.42. The number of carbonyl (C=O) groups is 1. The van der Waals surface area contributed by atoms with Gasteiger partial charge in [-0.2, -0.15) is 13.2 Å². The van der Waals surface area contributed by atoms with Gasteiger partial charge in [0.05, 0.1) is 5.92 Å². The Morgan fingerprint density at radius 2 is 2.14 bits per heavy atom. The third-order valence-corrected chi connectivity index (χ3v) is 3.85. The topological polar surface area (TPSA) is 32.3 Å². The van der Waals surface area contributed by atoms with Crippen LogP contribution < -0.4 is 5.32 Å². The molecule has 0 aromatic heterocycles. The Labute approximate surface area is 126 Å². The third kappa shape index (κ3) is 4.03. The van der Waals surface area contributed by atoms with Crippen molar-refractivity contribution in [2.75, 3.05) is 18.4 Å². The Hall–Kier alpha value is -1.43. The number of hydrogen-bond donors (Lipinski definition) is 1. The van der Waals surface area contributed by atoms with Gasteiger partial charge in [0.25, 0.3) is 0 Å². The van der Waals surface area contributed by atoms with E-state index in [4.69, 9.17) is 11.6 Å². The molecule has 1 aliphatic heterocycles. The van der Waals surface area contributed by atoms with E-state index in [1.54, 1.807) is 25.1 Å². The maximum atomic E-state index is 12.7. The number of rotatable bonds is 1. The van der Waals surface area contributed by atoms with E-state index < -0.39 is 18.1 Å². The summed E-state index contributed by atoms with van der Waals surface area (Å²) in [6.45, 7) is 1.83. The molecule has 1 fully saturated rings. The summed E-state index contributed by atoms with van der Waals surface area (Å²) in [4.78, 5) is 13.3. The number of carbonyl (C=O) groups excluding carboxylic acids is 1. The molecule has 1 N–H and O–H groups in total. The first-order valence-electron chi connectivity index (χ1n) is 6.66. The summed E-state index contributed by atoms with van der Waals surface area (Å²) in [7, 11) is 0. The normalized spacial score (nSPS) is 19.5. The highest BCUT2D eigenvalue weighted by Crippen LogP contribution is 2.33. The smallest absolute Gasteiger partial charge is 0.324 e. The van der Waals surface area contributed by atoms with E-state index in [1.807, 2.05) is 0 Å². The second-order valence-corrected chi connectivity index (χ2v) is 5.65. The van der Waals surface area contributed by atoms with Crippen LogP contribution in [0.5, 0.6) is 0 Å². The number of amides is 2. The van der Waals surface area contributed by atoms with E-state index >= 15 is 0 Å². The van der Waals surface area contributed by atoms with Crippen LogP contribution in [0.25, 0.3) is 0 Å². The van der Waals surface area contributed by atoms with E-state index in [0.29, 0.717) is 23.7 Å². The van der Waals surface area contributed by atoms with Crippen LogP contribution in [0.1, 0.15) is 18.4 Å². The zero-order valence-corrected chi connectivity index (χ0v) is 12.3. The Kier molecular flexibility index (Phi) is 4.66. The largest absolute Gasteiger partial charge is 0.393 e. The van der Waals surface area contributed by atoms with Gasteiger partial charge >= 0.3 is 12.2 Å². The first-order chi connectivity index (χ1) is 9.77. The number of anilines is 1. The van der Waals surface area contributed by atoms with Gasteiger partial charge in [0.15, 0.2) is 0 Å². The summed E-state index contributed by atoms with van der Waals surface area (Å²) in [6.07, 6.45) is -3.83. The molecule has 0 aliphatic carbocycles. The molecule has 0 unspecified atom stereocenters. The third-order valence-electron chi connectivity index (χ3n) is 3.61. The van der Waals surface area contributed by atoms with Crippen LogP contribution in [0, 0.1) is 12.8 Å². The Bertz CT molecular complexity index is 533. The lowest BCUT2D eigenvalue weighted by Gasteiger charge is -2.33. The predicted octanol–water partition coefficient (Wildman–Crippen LogP) is 4.45. The van der Waals surface area contributed by atoms with E-state index in [9.17, 15) is 18.0 Å². The number of benzene rings is 1. The zero-order chi connectivity index (χ0) is 15.6. The van der Waals surface area contributed by atoms with Crippen LogP contribution in [-0.4, -0.2) is 30.2 Å². The highest BCUT2D eigenvalue weighted by molar-refractivity contribution is 6.31. The molecule has 116 valence electrons. The van der Waals surface area contributed by atoms with Crippen molar-refractivity contribution in [3.63, 3.8) is 0 Å². The van der Waals surface area contributed by atoms with Crippen LogP contribution in [0.3, 0.4) is 0 Å². The van der Waals surface area contributed by atoms with Gasteiger partial charge in [-0.1, -0.05) is 17.7 Å². The van der Waals surface area contributed by atoms with Crippen LogP contribution in [-0.2, 0) is 0 Å². The van der Waals surface area contributed by atoms with Crippen LogP contribution in [0.15, 0.2) is 18.2 Å². The molecule has 1 atom stereocenters. The number of nitrogens with zero attached hydrogens (tertiary/aromatic N) is 1. The summed E-state index contributed by atoms with van der Waals surface area (Å²) in [5, 5.41) is 3.09. The maximum Gasteiger partial charge on any atom is 0.393 e. The summed E-state index contributed by atoms with van der Waals surface area (Å²) >= 11 is 5.86. The first kappa shape index (κ1) is 15.9. The number of nitrogens with one attached hydrogen (secondary N) is 1. The molecule has 2 amide bonds. The zero-order valence-electron chi connectivity index (χ0n) is 11.5. The molecular formula is C14H16ClF3N2O. The van der Waals surface area contributed by atoms with E-state index in [-0.39, 0.29) is 13.0 Å². The second-order valence-electron chi connectivity index (χ2n) is 5.22. The van der Waals surface area contributed by atoms with Gasteiger partial charge in [0, 0.05) is 23.8 Å². The molecule has 1 aromatic carbocycles. The number of piperidine rings is 1. The quantitative estimate of drug-likeness (QED) is 0.814. The average molecular weight is 321 g/mol.